The second-order valence-corrected chi connectivity index (χ2v) is 7.31. The van der Waals surface area contributed by atoms with Crippen molar-refractivity contribution >= 4 is 27.3 Å². The molecule has 2 N–H and O–H groups in total. The van der Waals surface area contributed by atoms with E-state index in [-0.39, 0.29) is 6.61 Å². The lowest BCUT2D eigenvalue weighted by molar-refractivity contribution is 0.138. The van der Waals surface area contributed by atoms with Crippen LogP contribution in [0.15, 0.2) is 15.9 Å². The maximum atomic E-state index is 9.21. The SMILES string of the molecule is CC1(CN(CCO)Cc2cc(Br)cs2)CCNC1. The van der Waals surface area contributed by atoms with Crippen LogP contribution in [0.3, 0.4) is 0 Å². The lowest BCUT2D eigenvalue weighted by atomic mass is 9.89. The van der Waals surface area contributed by atoms with Crippen molar-refractivity contribution in [3.05, 3.63) is 20.8 Å². The van der Waals surface area contributed by atoms with Crippen molar-refractivity contribution in [3.63, 3.8) is 0 Å². The minimum absolute atomic E-state index is 0.232. The fourth-order valence-corrected chi connectivity index (χ4v) is 4.05. The highest BCUT2D eigenvalue weighted by Crippen LogP contribution is 2.27. The normalized spacial score (nSPS) is 24.0. The molecule has 18 heavy (non-hydrogen) atoms. The first kappa shape index (κ1) is 14.5. The van der Waals surface area contributed by atoms with Crippen molar-refractivity contribution in [2.75, 3.05) is 32.8 Å². The van der Waals surface area contributed by atoms with E-state index < -0.39 is 0 Å². The first-order chi connectivity index (χ1) is 8.61. The summed E-state index contributed by atoms with van der Waals surface area (Å²) in [5, 5.41) is 14.8. The molecule has 1 aromatic heterocycles. The minimum atomic E-state index is 0.232. The van der Waals surface area contributed by atoms with Gasteiger partial charge in [-0.05, 0) is 40.4 Å². The van der Waals surface area contributed by atoms with E-state index in [9.17, 15) is 5.11 Å². The lowest BCUT2D eigenvalue weighted by Crippen LogP contribution is -2.38. The van der Waals surface area contributed by atoms with Gasteiger partial charge in [-0.15, -0.1) is 11.3 Å². The van der Waals surface area contributed by atoms with E-state index in [1.165, 1.54) is 11.3 Å². The molecule has 1 aliphatic rings. The molecule has 5 heteroatoms. The van der Waals surface area contributed by atoms with E-state index in [1.54, 1.807) is 11.3 Å². The van der Waals surface area contributed by atoms with Gasteiger partial charge in [0.15, 0.2) is 0 Å². The van der Waals surface area contributed by atoms with Crippen molar-refractivity contribution in [2.45, 2.75) is 19.9 Å². The van der Waals surface area contributed by atoms with Gasteiger partial charge in [0, 0.05) is 40.9 Å². The van der Waals surface area contributed by atoms with Crippen molar-refractivity contribution in [1.29, 1.82) is 0 Å². The Kier molecular flexibility index (Phi) is 5.21. The maximum absolute atomic E-state index is 9.21. The highest BCUT2D eigenvalue weighted by molar-refractivity contribution is 9.10. The van der Waals surface area contributed by atoms with Gasteiger partial charge in [-0.2, -0.15) is 0 Å². The Morgan fingerprint density at radius 3 is 3.00 bits per heavy atom. The number of halogens is 1. The number of hydrogen-bond donors (Lipinski definition) is 2. The second-order valence-electron chi connectivity index (χ2n) is 5.40. The van der Waals surface area contributed by atoms with E-state index in [2.05, 4.69) is 44.5 Å². The number of rotatable bonds is 6. The maximum Gasteiger partial charge on any atom is 0.0558 e. The van der Waals surface area contributed by atoms with Crippen LogP contribution in [0, 0.1) is 5.41 Å². The third-order valence-electron chi connectivity index (χ3n) is 3.48. The largest absolute Gasteiger partial charge is 0.395 e. The standard InChI is InChI=1S/C13H21BrN2OS/c1-13(2-3-15-9-13)10-16(4-5-17)7-12-6-11(14)8-18-12/h6,8,15,17H,2-5,7,9-10H2,1H3. The van der Waals surface area contributed by atoms with Crippen molar-refractivity contribution in [2.24, 2.45) is 5.41 Å². The summed E-state index contributed by atoms with van der Waals surface area (Å²) in [5.41, 5.74) is 0.351. The van der Waals surface area contributed by atoms with E-state index in [4.69, 9.17) is 0 Å². The zero-order valence-electron chi connectivity index (χ0n) is 10.8. The number of nitrogens with one attached hydrogen (secondary N) is 1. The van der Waals surface area contributed by atoms with E-state index in [0.29, 0.717) is 5.41 Å². The highest BCUT2D eigenvalue weighted by atomic mass is 79.9. The Bertz CT molecular complexity index is 377. The van der Waals surface area contributed by atoms with Crippen molar-refractivity contribution in [1.82, 2.24) is 10.2 Å². The molecule has 1 saturated heterocycles. The molecule has 0 amide bonds. The topological polar surface area (TPSA) is 35.5 Å². The van der Waals surface area contributed by atoms with Crippen LogP contribution in [0.2, 0.25) is 0 Å². The molecule has 0 spiro atoms. The summed E-state index contributed by atoms with van der Waals surface area (Å²) in [5.74, 6) is 0. The molecule has 0 aromatic carbocycles. The molecule has 3 nitrogen and oxygen atoms in total. The van der Waals surface area contributed by atoms with Gasteiger partial charge in [-0.3, -0.25) is 4.90 Å². The number of aliphatic hydroxyl groups excluding tert-OH is 1. The van der Waals surface area contributed by atoms with Gasteiger partial charge in [-0.25, -0.2) is 0 Å². The summed E-state index contributed by atoms with van der Waals surface area (Å²) in [7, 11) is 0. The summed E-state index contributed by atoms with van der Waals surface area (Å²) < 4.78 is 1.15. The molecule has 2 heterocycles. The van der Waals surface area contributed by atoms with Crippen LogP contribution in [-0.4, -0.2) is 42.8 Å². The molecular formula is C13H21BrN2OS. The van der Waals surface area contributed by atoms with Crippen LogP contribution in [0.1, 0.15) is 18.2 Å². The summed E-state index contributed by atoms with van der Waals surface area (Å²) in [4.78, 5) is 3.72. The van der Waals surface area contributed by atoms with Crippen LogP contribution in [0.25, 0.3) is 0 Å². The smallest absolute Gasteiger partial charge is 0.0558 e. The van der Waals surface area contributed by atoms with Gasteiger partial charge >= 0.3 is 0 Å². The summed E-state index contributed by atoms with van der Waals surface area (Å²) in [6, 6.07) is 2.17. The predicted molar refractivity (Wildman–Crippen MR) is 80.0 cm³/mol. The molecule has 0 saturated carbocycles. The zero-order chi connectivity index (χ0) is 13.0. The van der Waals surface area contributed by atoms with Crippen molar-refractivity contribution in [3.8, 4) is 0 Å². The van der Waals surface area contributed by atoms with Gasteiger partial charge < -0.3 is 10.4 Å². The minimum Gasteiger partial charge on any atom is -0.395 e. The summed E-state index contributed by atoms with van der Waals surface area (Å²) in [6.45, 7) is 7.52. The molecule has 102 valence electrons. The molecule has 1 atom stereocenters. The fourth-order valence-electron chi connectivity index (χ4n) is 2.56. The third kappa shape index (κ3) is 4.03. The van der Waals surface area contributed by atoms with Crippen LogP contribution in [0.5, 0.6) is 0 Å². The Morgan fingerprint density at radius 2 is 2.44 bits per heavy atom. The number of hydrogen-bond acceptors (Lipinski definition) is 4. The van der Waals surface area contributed by atoms with Crippen LogP contribution >= 0.6 is 27.3 Å². The molecule has 0 bridgehead atoms. The number of nitrogens with zero attached hydrogens (tertiary/aromatic N) is 1. The van der Waals surface area contributed by atoms with Gasteiger partial charge in [0.2, 0.25) is 0 Å². The molecular weight excluding hydrogens is 312 g/mol. The van der Waals surface area contributed by atoms with Crippen LogP contribution in [0.4, 0.5) is 0 Å². The third-order valence-corrected chi connectivity index (χ3v) is 5.16. The molecule has 0 aliphatic carbocycles. The molecule has 0 radical (unpaired) electrons. The van der Waals surface area contributed by atoms with Crippen LogP contribution < -0.4 is 5.32 Å². The summed E-state index contributed by atoms with van der Waals surface area (Å²) >= 11 is 5.27. The van der Waals surface area contributed by atoms with E-state index in [0.717, 1.165) is 37.2 Å². The van der Waals surface area contributed by atoms with Gasteiger partial charge in [0.1, 0.15) is 0 Å². The number of thiophene rings is 1. The zero-order valence-corrected chi connectivity index (χ0v) is 13.2. The Morgan fingerprint density at radius 1 is 1.61 bits per heavy atom. The van der Waals surface area contributed by atoms with E-state index >= 15 is 0 Å². The van der Waals surface area contributed by atoms with Crippen molar-refractivity contribution < 1.29 is 5.11 Å². The first-order valence-electron chi connectivity index (χ1n) is 6.38. The van der Waals surface area contributed by atoms with Gasteiger partial charge in [-0.1, -0.05) is 6.92 Å². The van der Waals surface area contributed by atoms with Gasteiger partial charge in [0.25, 0.3) is 0 Å². The Hall–Kier alpha value is 0.0600. The molecule has 1 aliphatic heterocycles. The Balaban J connectivity index is 1.94. The quantitative estimate of drug-likeness (QED) is 0.839. The van der Waals surface area contributed by atoms with Crippen LogP contribution in [-0.2, 0) is 6.54 Å². The predicted octanol–water partition coefficient (Wildman–Crippen LogP) is 2.30. The number of aliphatic hydroxyl groups is 1. The fraction of sp³-hybridized carbons (Fsp3) is 0.692. The second kappa shape index (κ2) is 6.48. The average Bonchev–Trinajstić information content (AvgIpc) is 2.89. The van der Waals surface area contributed by atoms with Gasteiger partial charge in [0.05, 0.1) is 6.61 Å². The first-order valence-corrected chi connectivity index (χ1v) is 8.05. The summed E-state index contributed by atoms with van der Waals surface area (Å²) in [6.07, 6.45) is 1.23. The molecule has 1 unspecified atom stereocenters. The Labute approximate surface area is 121 Å². The molecule has 2 rings (SSSR count). The van der Waals surface area contributed by atoms with E-state index in [1.807, 2.05) is 0 Å². The molecule has 1 fully saturated rings. The molecule has 1 aromatic rings. The monoisotopic (exact) mass is 332 g/mol. The highest BCUT2D eigenvalue weighted by Gasteiger charge is 2.30. The average molecular weight is 333 g/mol. The lowest BCUT2D eigenvalue weighted by Gasteiger charge is -2.31.